The van der Waals surface area contributed by atoms with E-state index in [2.05, 4.69) is 227 Å². The molecule has 2 aliphatic heterocycles. The zero-order valence-electron chi connectivity index (χ0n) is 41.8. The second kappa shape index (κ2) is 13.7. The number of hydrogen-bond donors (Lipinski definition) is 0. The Morgan fingerprint density at radius 3 is 1.30 bits per heavy atom. The van der Waals surface area contributed by atoms with Crippen LogP contribution in [0.15, 0.2) is 116 Å². The number of aromatic nitrogens is 3. The highest BCUT2D eigenvalue weighted by Gasteiger charge is 2.48. The van der Waals surface area contributed by atoms with Crippen molar-refractivity contribution in [2.75, 3.05) is 9.80 Å². The van der Waals surface area contributed by atoms with Gasteiger partial charge in [-0.15, -0.1) is 0 Å². The van der Waals surface area contributed by atoms with Crippen LogP contribution in [0, 0.1) is 0 Å². The molecule has 0 bridgehead atoms. The zero-order valence-corrected chi connectivity index (χ0v) is 41.8. The molecule has 0 amide bonds. The Balaban J connectivity index is 1.41. The van der Waals surface area contributed by atoms with Crippen molar-refractivity contribution in [1.82, 2.24) is 14.4 Å². The summed E-state index contributed by atoms with van der Waals surface area (Å²) in [6.07, 6.45) is 3.83. The standard InChI is InChI=1S/C60H64BN5/c1-56(2,3)35-16-23-40(24-17-35)64-47-29-22-39(60(13,14)15)32-44(47)61-51-53(64)49-42-30-37(58(7,8)9)20-27-45(42)66-46-28-21-38(59(10,11)12)31-43(46)50(52(49)66)54(51)65(48-33-62-34-63-55(48)61)41-25-18-36(19-26-41)57(4,5)6/h16-34H,1-15H3. The molecule has 11 rings (SSSR count). The largest absolute Gasteiger partial charge is 0.311 e. The number of rotatable bonds is 2. The third-order valence-corrected chi connectivity index (χ3v) is 14.8. The van der Waals surface area contributed by atoms with Gasteiger partial charge in [0, 0.05) is 44.2 Å². The monoisotopic (exact) mass is 866 g/mol. The first-order valence-electron chi connectivity index (χ1n) is 24.0. The highest BCUT2D eigenvalue weighted by Crippen LogP contribution is 2.55. The smallest absolute Gasteiger partial charge is 0.275 e. The van der Waals surface area contributed by atoms with E-state index in [0.717, 1.165) is 22.7 Å². The van der Waals surface area contributed by atoms with Gasteiger partial charge >= 0.3 is 0 Å². The maximum absolute atomic E-state index is 5.36. The van der Waals surface area contributed by atoms with Gasteiger partial charge in [-0.05, 0) is 120 Å². The second-order valence-electron chi connectivity index (χ2n) is 24.5. The minimum atomic E-state index is -0.166. The highest BCUT2D eigenvalue weighted by atomic mass is 15.2. The number of fused-ring (bicyclic) bond motifs is 12. The summed E-state index contributed by atoms with van der Waals surface area (Å²) in [4.78, 5) is 15.3. The average Bonchev–Trinajstić information content (AvgIpc) is 3.76. The molecule has 3 aromatic heterocycles. The fourth-order valence-electron chi connectivity index (χ4n) is 11.0. The molecule has 6 heteroatoms. The van der Waals surface area contributed by atoms with Crippen molar-refractivity contribution in [3.63, 3.8) is 0 Å². The summed E-state index contributed by atoms with van der Waals surface area (Å²) in [5.74, 6) is 0. The van der Waals surface area contributed by atoms with E-state index in [1.807, 2.05) is 0 Å². The molecule has 0 saturated heterocycles. The van der Waals surface area contributed by atoms with Crippen molar-refractivity contribution in [2.24, 2.45) is 0 Å². The summed E-state index contributed by atoms with van der Waals surface area (Å²) >= 11 is 0. The normalized spacial score (nSPS) is 14.5. The fourth-order valence-corrected chi connectivity index (χ4v) is 11.0. The number of hydrogen-bond acceptors (Lipinski definition) is 4. The van der Waals surface area contributed by atoms with Gasteiger partial charge in [0.05, 0.1) is 39.8 Å². The molecular formula is C60H64BN5. The van der Waals surface area contributed by atoms with Crippen LogP contribution >= 0.6 is 0 Å². The summed E-state index contributed by atoms with van der Waals surface area (Å²) < 4.78 is 2.59. The maximum Gasteiger partial charge on any atom is 0.275 e. The van der Waals surface area contributed by atoms with Gasteiger partial charge in [0.15, 0.2) is 0 Å². The van der Waals surface area contributed by atoms with Gasteiger partial charge in [0.25, 0.3) is 6.71 Å². The first kappa shape index (κ1) is 42.5. The van der Waals surface area contributed by atoms with E-state index in [-0.39, 0.29) is 33.8 Å². The summed E-state index contributed by atoms with van der Waals surface area (Å²) in [5.41, 5.74) is 20.6. The predicted molar refractivity (Wildman–Crippen MR) is 284 cm³/mol. The SMILES string of the molecule is CC(C)(C)c1ccc(N2c3ccc(C(C)(C)C)cc3B3c4ncncc4N(c4ccc(C(C)(C)C)cc4)c4c3c2c2c3cc(C(C)(C)C)ccc3n3c5ccc(C(C)(C)C)cc5c4c23)cc1. The molecule has 0 aliphatic carbocycles. The molecule has 9 aromatic rings. The van der Waals surface area contributed by atoms with Crippen LogP contribution in [-0.4, -0.2) is 21.1 Å². The third-order valence-electron chi connectivity index (χ3n) is 14.8. The van der Waals surface area contributed by atoms with Crippen molar-refractivity contribution >= 4 is 95.5 Å². The second-order valence-corrected chi connectivity index (χ2v) is 24.5. The molecule has 0 spiro atoms. The number of nitrogens with zero attached hydrogens (tertiary/aromatic N) is 5. The van der Waals surface area contributed by atoms with Crippen LogP contribution < -0.4 is 26.3 Å². The van der Waals surface area contributed by atoms with Crippen LogP contribution in [0.5, 0.6) is 0 Å². The quantitative estimate of drug-likeness (QED) is 0.162. The minimum Gasteiger partial charge on any atom is -0.311 e. The van der Waals surface area contributed by atoms with Crippen molar-refractivity contribution < 1.29 is 0 Å². The van der Waals surface area contributed by atoms with Crippen molar-refractivity contribution in [3.05, 3.63) is 143 Å². The van der Waals surface area contributed by atoms with Crippen molar-refractivity contribution in [3.8, 4) is 0 Å². The topological polar surface area (TPSA) is 36.7 Å². The Morgan fingerprint density at radius 1 is 0.439 bits per heavy atom. The molecule has 0 fully saturated rings. The number of benzene rings is 6. The van der Waals surface area contributed by atoms with Crippen molar-refractivity contribution in [2.45, 2.75) is 131 Å². The van der Waals surface area contributed by atoms with E-state index in [1.165, 1.54) is 93.9 Å². The van der Waals surface area contributed by atoms with Crippen LogP contribution in [0.4, 0.5) is 34.1 Å². The molecule has 5 heterocycles. The van der Waals surface area contributed by atoms with Crippen LogP contribution in [0.3, 0.4) is 0 Å². The molecule has 0 saturated carbocycles. The lowest BCUT2D eigenvalue weighted by Gasteiger charge is -2.44. The van der Waals surface area contributed by atoms with Crippen LogP contribution in [0.25, 0.3) is 38.1 Å². The van der Waals surface area contributed by atoms with Crippen molar-refractivity contribution in [1.29, 1.82) is 0 Å². The Labute approximate surface area is 392 Å². The van der Waals surface area contributed by atoms with Gasteiger partial charge in [-0.2, -0.15) is 0 Å². The lowest BCUT2D eigenvalue weighted by Crippen LogP contribution is -2.62. The van der Waals surface area contributed by atoms with Crippen LogP contribution in [0.1, 0.15) is 132 Å². The van der Waals surface area contributed by atoms with E-state index >= 15 is 0 Å². The van der Waals surface area contributed by atoms with E-state index in [9.17, 15) is 0 Å². The number of anilines is 6. The van der Waals surface area contributed by atoms with Gasteiger partial charge in [0.2, 0.25) is 0 Å². The fraction of sp³-hybridized carbons (Fsp3) is 0.333. The molecule has 332 valence electrons. The Kier molecular flexibility index (Phi) is 8.83. The molecule has 0 N–H and O–H groups in total. The molecule has 0 radical (unpaired) electrons. The van der Waals surface area contributed by atoms with Gasteiger partial charge in [0.1, 0.15) is 6.33 Å². The first-order chi connectivity index (χ1) is 30.9. The highest BCUT2D eigenvalue weighted by molar-refractivity contribution is 7.00. The Morgan fingerprint density at radius 2 is 0.848 bits per heavy atom. The van der Waals surface area contributed by atoms with Crippen LogP contribution in [-0.2, 0) is 27.1 Å². The van der Waals surface area contributed by atoms with E-state index < -0.39 is 0 Å². The minimum absolute atomic E-state index is 0.00531. The third kappa shape index (κ3) is 6.19. The summed E-state index contributed by atoms with van der Waals surface area (Å²) in [6, 6.07) is 40.5. The van der Waals surface area contributed by atoms with Crippen LogP contribution in [0.2, 0.25) is 0 Å². The molecule has 66 heavy (non-hydrogen) atoms. The average molecular weight is 866 g/mol. The summed E-state index contributed by atoms with van der Waals surface area (Å²) in [5, 5.41) is 5.11. The van der Waals surface area contributed by atoms with Gasteiger partial charge in [-0.3, -0.25) is 0 Å². The van der Waals surface area contributed by atoms with Gasteiger partial charge in [-0.25, -0.2) is 9.97 Å². The molecule has 0 unspecified atom stereocenters. The van der Waals surface area contributed by atoms with E-state index in [0.29, 0.717) is 0 Å². The Hall–Kier alpha value is -6.14. The summed E-state index contributed by atoms with van der Waals surface area (Å²) in [6.45, 7) is 34.6. The molecule has 2 aliphatic rings. The predicted octanol–water partition coefficient (Wildman–Crippen LogP) is 14.2. The zero-order chi connectivity index (χ0) is 46.8. The summed E-state index contributed by atoms with van der Waals surface area (Å²) in [7, 11) is 0. The van der Waals surface area contributed by atoms with Gasteiger partial charge in [-0.1, -0.05) is 152 Å². The lowest BCUT2D eigenvalue weighted by molar-refractivity contribution is 0.590. The molecular weight excluding hydrogens is 802 g/mol. The molecule has 5 nitrogen and oxygen atoms in total. The molecule has 0 atom stereocenters. The first-order valence-corrected chi connectivity index (χ1v) is 24.0. The van der Waals surface area contributed by atoms with E-state index in [1.54, 1.807) is 6.33 Å². The van der Waals surface area contributed by atoms with E-state index in [4.69, 9.17) is 9.97 Å². The van der Waals surface area contributed by atoms with Gasteiger partial charge < -0.3 is 14.2 Å². The maximum atomic E-state index is 5.36. The lowest BCUT2D eigenvalue weighted by atomic mass is 9.34. The Bertz CT molecular complexity index is 3330. The molecule has 6 aromatic carbocycles.